The standard InChI is InChI=1S/C27H38O4/c1-15-5-10-27(30-14-15)16(2)24-23(31-27)13-20-18-12-22(29)21-11-17(28)6-8-25(21,3)19(18)7-9-26(20,24)4/h11,15-16,18-20,23-24H,5-10,12-14H2,1-4H3/t15-,16-,18+,19-,20+,23+,24-,25+,26+,27+/m1/s1. The Labute approximate surface area is 186 Å². The molecule has 170 valence electrons. The van der Waals surface area contributed by atoms with Crippen LogP contribution in [0.4, 0.5) is 0 Å². The van der Waals surface area contributed by atoms with Gasteiger partial charge < -0.3 is 9.47 Å². The predicted molar refractivity (Wildman–Crippen MR) is 117 cm³/mol. The molecule has 2 heterocycles. The van der Waals surface area contributed by atoms with Crippen LogP contribution in [0.2, 0.25) is 0 Å². The number of carbonyl (C=O) groups excluding carboxylic acids is 2. The predicted octanol–water partition coefficient (Wildman–Crippen LogP) is 5.10. The number of fused-ring (bicyclic) bond motifs is 7. The van der Waals surface area contributed by atoms with E-state index in [9.17, 15) is 9.59 Å². The van der Waals surface area contributed by atoms with Gasteiger partial charge in [0.1, 0.15) is 0 Å². The molecule has 10 atom stereocenters. The average molecular weight is 427 g/mol. The molecule has 6 rings (SSSR count). The van der Waals surface area contributed by atoms with Crippen molar-refractivity contribution in [3.8, 4) is 0 Å². The summed E-state index contributed by atoms with van der Waals surface area (Å²) in [5, 5.41) is 0. The number of allylic oxidation sites excluding steroid dienone is 1. The van der Waals surface area contributed by atoms with E-state index in [4.69, 9.17) is 9.47 Å². The molecule has 0 amide bonds. The second kappa shape index (κ2) is 6.53. The van der Waals surface area contributed by atoms with Crippen molar-refractivity contribution in [1.82, 2.24) is 0 Å². The van der Waals surface area contributed by atoms with Crippen LogP contribution in [0, 0.1) is 46.3 Å². The van der Waals surface area contributed by atoms with Gasteiger partial charge in [-0.3, -0.25) is 9.59 Å². The first-order chi connectivity index (χ1) is 14.7. The van der Waals surface area contributed by atoms with Crippen molar-refractivity contribution in [2.24, 2.45) is 46.3 Å². The number of hydrogen-bond acceptors (Lipinski definition) is 4. The summed E-state index contributed by atoms with van der Waals surface area (Å²) in [6.45, 7) is 10.2. The summed E-state index contributed by atoms with van der Waals surface area (Å²) in [5.74, 6) is 3.08. The highest BCUT2D eigenvalue weighted by atomic mass is 16.7. The van der Waals surface area contributed by atoms with E-state index in [1.165, 1.54) is 19.3 Å². The van der Waals surface area contributed by atoms with Crippen LogP contribution in [0.5, 0.6) is 0 Å². The Morgan fingerprint density at radius 2 is 1.84 bits per heavy atom. The third kappa shape index (κ3) is 2.61. The Balaban J connectivity index is 1.31. The van der Waals surface area contributed by atoms with Crippen LogP contribution in [0.25, 0.3) is 0 Å². The maximum absolute atomic E-state index is 13.2. The molecule has 3 saturated carbocycles. The van der Waals surface area contributed by atoms with E-state index in [1.807, 2.05) is 0 Å². The van der Waals surface area contributed by atoms with Crippen LogP contribution in [0.3, 0.4) is 0 Å². The number of rotatable bonds is 0. The second-order valence-corrected chi connectivity index (χ2v) is 12.5. The molecule has 5 fully saturated rings. The Kier molecular flexibility index (Phi) is 4.34. The lowest BCUT2D eigenvalue weighted by Crippen LogP contribution is -2.54. The smallest absolute Gasteiger partial charge is 0.171 e. The Morgan fingerprint density at radius 3 is 2.58 bits per heavy atom. The minimum atomic E-state index is -0.374. The molecule has 4 aliphatic carbocycles. The fourth-order valence-corrected chi connectivity index (χ4v) is 9.40. The number of Topliss-reactive ketones (excluding diaryl/α,β-unsaturated/α-hetero) is 1. The third-order valence-corrected chi connectivity index (χ3v) is 11.1. The molecule has 6 aliphatic rings. The normalized spacial score (nSPS) is 56.0. The van der Waals surface area contributed by atoms with Gasteiger partial charge in [-0.15, -0.1) is 0 Å². The van der Waals surface area contributed by atoms with Crippen LogP contribution in [0.1, 0.15) is 79.1 Å². The van der Waals surface area contributed by atoms with Gasteiger partial charge in [-0.25, -0.2) is 0 Å². The lowest BCUT2D eigenvalue weighted by molar-refractivity contribution is -0.272. The van der Waals surface area contributed by atoms with Crippen molar-refractivity contribution in [3.05, 3.63) is 11.6 Å². The molecule has 2 saturated heterocycles. The zero-order chi connectivity index (χ0) is 21.8. The van der Waals surface area contributed by atoms with E-state index >= 15 is 0 Å². The zero-order valence-corrected chi connectivity index (χ0v) is 19.6. The van der Waals surface area contributed by atoms with Crippen LogP contribution >= 0.6 is 0 Å². The Morgan fingerprint density at radius 1 is 1.03 bits per heavy atom. The highest BCUT2D eigenvalue weighted by molar-refractivity contribution is 6.05. The fraction of sp³-hybridized carbons (Fsp3) is 0.852. The van der Waals surface area contributed by atoms with Gasteiger partial charge in [0.05, 0.1) is 12.7 Å². The Hall–Kier alpha value is -1.00. The minimum Gasteiger partial charge on any atom is -0.349 e. The van der Waals surface area contributed by atoms with Crippen molar-refractivity contribution < 1.29 is 19.1 Å². The van der Waals surface area contributed by atoms with E-state index < -0.39 is 0 Å². The molecule has 0 aromatic carbocycles. The molecule has 4 nitrogen and oxygen atoms in total. The minimum absolute atomic E-state index is 0.108. The van der Waals surface area contributed by atoms with E-state index in [1.54, 1.807) is 6.08 Å². The molecule has 2 aliphatic heterocycles. The molecular weight excluding hydrogens is 388 g/mol. The summed E-state index contributed by atoms with van der Waals surface area (Å²) >= 11 is 0. The number of ketones is 2. The van der Waals surface area contributed by atoms with Crippen molar-refractivity contribution in [1.29, 1.82) is 0 Å². The van der Waals surface area contributed by atoms with Crippen molar-refractivity contribution in [2.75, 3.05) is 6.61 Å². The number of ether oxygens (including phenoxy) is 2. The SMILES string of the molecule is C[C@@H]1CC[C@]2(OC1)O[C@H]1C[C@H]3[C@H]4CC(=O)C5=CC(=O)CC[C@@]5(C)[C@@H]4CC[C@]3(C)[C@@H]1[C@H]2C. The van der Waals surface area contributed by atoms with E-state index in [2.05, 4.69) is 27.7 Å². The van der Waals surface area contributed by atoms with E-state index in [-0.39, 0.29) is 34.3 Å². The Bertz CT molecular complexity index is 851. The van der Waals surface area contributed by atoms with Crippen molar-refractivity contribution in [3.63, 3.8) is 0 Å². The van der Waals surface area contributed by atoms with Crippen molar-refractivity contribution in [2.45, 2.75) is 91.0 Å². The summed E-state index contributed by atoms with van der Waals surface area (Å²) in [6, 6.07) is 0. The summed E-state index contributed by atoms with van der Waals surface area (Å²) in [6.07, 6.45) is 9.73. The zero-order valence-electron chi connectivity index (χ0n) is 19.6. The number of hydrogen-bond donors (Lipinski definition) is 0. The first-order valence-electron chi connectivity index (χ1n) is 12.8. The maximum Gasteiger partial charge on any atom is 0.171 e. The van der Waals surface area contributed by atoms with Gasteiger partial charge in [-0.2, -0.15) is 0 Å². The van der Waals surface area contributed by atoms with Gasteiger partial charge in [-0.05, 0) is 78.6 Å². The van der Waals surface area contributed by atoms with Gasteiger partial charge in [-0.1, -0.05) is 27.7 Å². The molecule has 0 aromatic heterocycles. The first kappa shape index (κ1) is 20.6. The molecule has 31 heavy (non-hydrogen) atoms. The maximum atomic E-state index is 13.2. The lowest BCUT2D eigenvalue weighted by Gasteiger charge is -2.58. The highest BCUT2D eigenvalue weighted by Crippen LogP contribution is 2.70. The van der Waals surface area contributed by atoms with Crippen LogP contribution < -0.4 is 0 Å². The van der Waals surface area contributed by atoms with Gasteiger partial charge in [0.25, 0.3) is 0 Å². The lowest BCUT2D eigenvalue weighted by atomic mass is 9.46. The molecule has 0 bridgehead atoms. The van der Waals surface area contributed by atoms with E-state index in [0.29, 0.717) is 48.3 Å². The first-order valence-corrected chi connectivity index (χ1v) is 12.8. The van der Waals surface area contributed by atoms with Crippen LogP contribution in [0.15, 0.2) is 11.6 Å². The van der Waals surface area contributed by atoms with Gasteiger partial charge in [0.15, 0.2) is 17.4 Å². The van der Waals surface area contributed by atoms with Crippen LogP contribution in [-0.4, -0.2) is 30.1 Å². The summed E-state index contributed by atoms with van der Waals surface area (Å²) in [4.78, 5) is 25.3. The summed E-state index contributed by atoms with van der Waals surface area (Å²) in [7, 11) is 0. The fourth-order valence-electron chi connectivity index (χ4n) is 9.40. The largest absolute Gasteiger partial charge is 0.349 e. The van der Waals surface area contributed by atoms with E-state index in [0.717, 1.165) is 31.4 Å². The monoisotopic (exact) mass is 426 g/mol. The van der Waals surface area contributed by atoms with Gasteiger partial charge in [0.2, 0.25) is 0 Å². The highest BCUT2D eigenvalue weighted by Gasteiger charge is 2.69. The van der Waals surface area contributed by atoms with Gasteiger partial charge >= 0.3 is 0 Å². The molecule has 1 spiro atoms. The summed E-state index contributed by atoms with van der Waals surface area (Å²) in [5.41, 5.74) is 0.965. The van der Waals surface area contributed by atoms with Gasteiger partial charge in [0, 0.05) is 30.8 Å². The van der Waals surface area contributed by atoms with Crippen LogP contribution in [-0.2, 0) is 19.1 Å². The third-order valence-electron chi connectivity index (χ3n) is 11.1. The summed E-state index contributed by atoms with van der Waals surface area (Å²) < 4.78 is 13.2. The van der Waals surface area contributed by atoms with Crippen molar-refractivity contribution >= 4 is 11.6 Å². The topological polar surface area (TPSA) is 52.6 Å². The molecule has 0 unspecified atom stereocenters. The average Bonchev–Trinajstić information content (AvgIpc) is 3.17. The molecule has 0 aromatic rings. The number of carbonyl (C=O) groups is 2. The quantitative estimate of drug-likeness (QED) is 0.541. The molecule has 4 heteroatoms. The molecule has 0 radical (unpaired) electrons. The molecule has 0 N–H and O–H groups in total. The second-order valence-electron chi connectivity index (χ2n) is 12.5. The molecular formula is C27H38O4.